The number of carbonyl (C=O) groups excluding carboxylic acids is 1. The fourth-order valence-electron chi connectivity index (χ4n) is 4.23. The van der Waals surface area contributed by atoms with E-state index in [0.717, 1.165) is 44.9 Å². The van der Waals surface area contributed by atoms with Gasteiger partial charge in [0.15, 0.2) is 0 Å². The monoisotopic (exact) mass is 412 g/mol. The van der Waals surface area contributed by atoms with Crippen LogP contribution in [0.25, 0.3) is 0 Å². The second-order valence-corrected chi connectivity index (χ2v) is 8.48. The van der Waals surface area contributed by atoms with Gasteiger partial charge in [-0.05, 0) is 50.6 Å². The first kappa shape index (κ1) is 21.6. The molecule has 0 aromatic heterocycles. The van der Waals surface area contributed by atoms with Gasteiger partial charge in [0.2, 0.25) is 5.91 Å². The number of benzene rings is 1. The van der Waals surface area contributed by atoms with E-state index in [9.17, 15) is 18.0 Å². The molecule has 160 valence electrons. The van der Waals surface area contributed by atoms with Gasteiger partial charge in [-0.2, -0.15) is 13.2 Å². The van der Waals surface area contributed by atoms with Crippen LogP contribution in [0.1, 0.15) is 36.8 Å². The Bertz CT molecular complexity index is 764. The van der Waals surface area contributed by atoms with Crippen molar-refractivity contribution in [2.45, 2.75) is 45.3 Å². The lowest BCUT2D eigenvalue weighted by atomic mass is 9.85. The Labute approximate surface area is 168 Å². The lowest BCUT2D eigenvalue weighted by Crippen LogP contribution is -2.37. The molecular formula is C21H27F3N2O3. The summed E-state index contributed by atoms with van der Waals surface area (Å²) in [5.41, 5.74) is 2.48. The predicted octanol–water partition coefficient (Wildman–Crippen LogP) is 3.46. The quantitative estimate of drug-likeness (QED) is 0.823. The topological polar surface area (TPSA) is 60.9 Å². The van der Waals surface area contributed by atoms with Crippen molar-refractivity contribution in [3.05, 3.63) is 35.4 Å². The summed E-state index contributed by atoms with van der Waals surface area (Å²) in [6.07, 6.45) is -0.157. The third-order valence-corrected chi connectivity index (χ3v) is 5.95. The van der Waals surface area contributed by atoms with Crippen LogP contribution in [-0.2, 0) is 16.1 Å². The van der Waals surface area contributed by atoms with Crippen LogP contribution in [0, 0.1) is 18.3 Å². The van der Waals surface area contributed by atoms with Gasteiger partial charge in [0.05, 0.1) is 5.41 Å². The Hall–Kier alpha value is -2.09. The molecular weight excluding hydrogens is 385 g/mol. The highest BCUT2D eigenvalue weighted by atomic mass is 19.4. The van der Waals surface area contributed by atoms with E-state index in [1.807, 2.05) is 0 Å². The van der Waals surface area contributed by atoms with Crippen molar-refractivity contribution in [3.8, 4) is 0 Å². The van der Waals surface area contributed by atoms with Gasteiger partial charge in [0, 0.05) is 26.2 Å². The largest absolute Gasteiger partial charge is 0.490 e. The van der Waals surface area contributed by atoms with Crippen molar-refractivity contribution in [1.82, 2.24) is 9.80 Å². The molecule has 1 spiro atoms. The number of carboxylic acid groups (broad SMARTS) is 1. The highest BCUT2D eigenvalue weighted by Gasteiger charge is 2.50. The molecule has 8 heteroatoms. The van der Waals surface area contributed by atoms with Crippen molar-refractivity contribution in [2.75, 3.05) is 26.2 Å². The average Bonchev–Trinajstić information content (AvgIpc) is 3.28. The van der Waals surface area contributed by atoms with Gasteiger partial charge in [0.1, 0.15) is 0 Å². The zero-order chi connectivity index (χ0) is 21.2. The normalized spacial score (nSPS) is 24.7. The molecule has 1 amide bonds. The van der Waals surface area contributed by atoms with E-state index < -0.39 is 12.1 Å². The fourth-order valence-corrected chi connectivity index (χ4v) is 4.23. The van der Waals surface area contributed by atoms with Crippen LogP contribution in [-0.4, -0.2) is 59.1 Å². The highest BCUT2D eigenvalue weighted by molar-refractivity contribution is 5.85. The number of alkyl halides is 3. The van der Waals surface area contributed by atoms with Crippen LogP contribution >= 0.6 is 0 Å². The van der Waals surface area contributed by atoms with Crippen LogP contribution in [0.4, 0.5) is 13.2 Å². The summed E-state index contributed by atoms with van der Waals surface area (Å²) >= 11 is 0. The first-order valence-electron chi connectivity index (χ1n) is 9.96. The summed E-state index contributed by atoms with van der Waals surface area (Å²) in [5.74, 6) is -1.42. The molecule has 1 aromatic rings. The number of likely N-dealkylation sites (tertiary alicyclic amines) is 2. The van der Waals surface area contributed by atoms with Crippen LogP contribution in [0.15, 0.2) is 24.3 Å². The minimum absolute atomic E-state index is 0.0568. The maximum Gasteiger partial charge on any atom is 0.490 e. The zero-order valence-electron chi connectivity index (χ0n) is 16.5. The molecule has 3 aliphatic rings. The molecule has 5 nitrogen and oxygen atoms in total. The van der Waals surface area contributed by atoms with E-state index in [0.29, 0.717) is 5.91 Å². The van der Waals surface area contributed by atoms with Gasteiger partial charge in [-0.15, -0.1) is 0 Å². The fraction of sp³-hybridized carbons (Fsp3) is 0.619. The van der Waals surface area contributed by atoms with Gasteiger partial charge in [-0.3, -0.25) is 4.79 Å². The molecule has 2 heterocycles. The number of hydrogen-bond acceptors (Lipinski definition) is 3. The number of aryl methyl sites for hydroxylation is 1. The van der Waals surface area contributed by atoms with Crippen molar-refractivity contribution < 1.29 is 27.9 Å². The number of hydrogen-bond donors (Lipinski definition) is 1. The standard InChI is InChI=1S/C19H26N2O.C2HF3O2/c1-15-3-2-4-17(11-15)13-21-10-8-19(18(21)22)7-9-20(14-19)12-16-5-6-16;3-2(4,5)1(6)7/h2-4,11,16H,5-10,12-14H2,1H3;(H,6,7). The predicted molar refractivity (Wildman–Crippen MR) is 101 cm³/mol. The molecule has 1 aliphatic carbocycles. The lowest BCUT2D eigenvalue weighted by molar-refractivity contribution is -0.192. The Kier molecular flexibility index (Phi) is 6.22. The van der Waals surface area contributed by atoms with Crippen molar-refractivity contribution >= 4 is 11.9 Å². The Balaban J connectivity index is 0.000000298. The second kappa shape index (κ2) is 8.34. The Morgan fingerprint density at radius 1 is 1.24 bits per heavy atom. The maximum absolute atomic E-state index is 13.0. The summed E-state index contributed by atoms with van der Waals surface area (Å²) < 4.78 is 31.7. The molecule has 29 heavy (non-hydrogen) atoms. The smallest absolute Gasteiger partial charge is 0.475 e. The second-order valence-electron chi connectivity index (χ2n) is 8.48. The van der Waals surface area contributed by atoms with Gasteiger partial charge in [0.25, 0.3) is 0 Å². The molecule has 1 N–H and O–H groups in total. The Morgan fingerprint density at radius 3 is 2.48 bits per heavy atom. The van der Waals surface area contributed by atoms with Gasteiger partial charge in [-0.1, -0.05) is 29.8 Å². The SMILES string of the molecule is Cc1cccc(CN2CCC3(CCN(CC4CC4)C3)C2=O)c1.O=C(O)C(F)(F)F. The maximum atomic E-state index is 13.0. The van der Waals surface area contributed by atoms with Crippen LogP contribution in [0.2, 0.25) is 0 Å². The number of aliphatic carboxylic acids is 1. The van der Waals surface area contributed by atoms with E-state index in [-0.39, 0.29) is 5.41 Å². The molecule has 1 aromatic carbocycles. The van der Waals surface area contributed by atoms with Gasteiger partial charge < -0.3 is 14.9 Å². The van der Waals surface area contributed by atoms with Crippen molar-refractivity contribution in [1.29, 1.82) is 0 Å². The number of nitrogens with zero attached hydrogens (tertiary/aromatic N) is 2. The minimum Gasteiger partial charge on any atom is -0.475 e. The van der Waals surface area contributed by atoms with E-state index in [4.69, 9.17) is 9.90 Å². The van der Waals surface area contributed by atoms with E-state index in [2.05, 4.69) is 41.0 Å². The van der Waals surface area contributed by atoms with Crippen LogP contribution in [0.5, 0.6) is 0 Å². The molecule has 1 unspecified atom stereocenters. The highest BCUT2D eigenvalue weighted by Crippen LogP contribution is 2.42. The minimum atomic E-state index is -5.08. The number of carboxylic acids is 1. The van der Waals surface area contributed by atoms with E-state index in [1.54, 1.807) is 0 Å². The van der Waals surface area contributed by atoms with Crippen LogP contribution < -0.4 is 0 Å². The number of rotatable bonds is 4. The van der Waals surface area contributed by atoms with Gasteiger partial charge in [-0.25, -0.2) is 4.79 Å². The third-order valence-electron chi connectivity index (χ3n) is 5.95. The average molecular weight is 412 g/mol. The molecule has 1 atom stereocenters. The lowest BCUT2D eigenvalue weighted by Gasteiger charge is -2.24. The summed E-state index contributed by atoms with van der Waals surface area (Å²) in [4.78, 5) is 26.5. The first-order valence-corrected chi connectivity index (χ1v) is 9.96. The Morgan fingerprint density at radius 2 is 1.90 bits per heavy atom. The summed E-state index contributed by atoms with van der Waals surface area (Å²) in [6.45, 7) is 7.19. The third kappa shape index (κ3) is 5.50. The summed E-state index contributed by atoms with van der Waals surface area (Å²) in [6, 6.07) is 8.54. The molecule has 2 aliphatic heterocycles. The summed E-state index contributed by atoms with van der Waals surface area (Å²) in [7, 11) is 0. The molecule has 1 saturated carbocycles. The molecule has 3 fully saturated rings. The van der Waals surface area contributed by atoms with Crippen molar-refractivity contribution in [3.63, 3.8) is 0 Å². The van der Waals surface area contributed by atoms with Crippen LogP contribution in [0.3, 0.4) is 0 Å². The van der Waals surface area contributed by atoms with E-state index in [1.165, 1.54) is 30.5 Å². The first-order chi connectivity index (χ1) is 13.6. The summed E-state index contributed by atoms with van der Waals surface area (Å²) in [5, 5.41) is 7.12. The number of amides is 1. The van der Waals surface area contributed by atoms with Crippen molar-refractivity contribution in [2.24, 2.45) is 11.3 Å². The number of halogens is 3. The molecule has 0 radical (unpaired) electrons. The number of carbonyl (C=O) groups is 2. The van der Waals surface area contributed by atoms with Gasteiger partial charge >= 0.3 is 12.1 Å². The molecule has 0 bridgehead atoms. The zero-order valence-corrected chi connectivity index (χ0v) is 16.5. The van der Waals surface area contributed by atoms with E-state index >= 15 is 0 Å². The molecule has 2 saturated heterocycles. The molecule has 4 rings (SSSR count).